The van der Waals surface area contributed by atoms with Crippen molar-refractivity contribution in [1.29, 1.82) is 0 Å². The van der Waals surface area contributed by atoms with Gasteiger partial charge in [-0.2, -0.15) is 0 Å². The molecule has 0 aliphatic heterocycles. The van der Waals surface area contributed by atoms with Crippen LogP contribution in [0, 0.1) is 5.92 Å². The van der Waals surface area contributed by atoms with Gasteiger partial charge in [-0.1, -0.05) is 54.6 Å². The molecule has 4 N–H and O–H groups in total. The maximum absolute atomic E-state index is 10.4. The van der Waals surface area contributed by atoms with Gasteiger partial charge in [0.25, 0.3) is 0 Å². The van der Waals surface area contributed by atoms with E-state index in [4.69, 9.17) is 0 Å². The third-order valence-corrected chi connectivity index (χ3v) is 5.02. The highest BCUT2D eigenvalue weighted by atomic mass is 16.4. The van der Waals surface area contributed by atoms with Crippen molar-refractivity contribution in [2.24, 2.45) is 5.92 Å². The first-order valence-corrected chi connectivity index (χ1v) is 8.38. The number of rotatable bonds is 4. The maximum Gasteiger partial charge on any atom is 0.107 e. The van der Waals surface area contributed by atoms with Gasteiger partial charge in [0.05, 0.1) is 12.2 Å². The van der Waals surface area contributed by atoms with Crippen LogP contribution in [0.2, 0.25) is 0 Å². The number of hydrogen-bond acceptors (Lipinski definition) is 4. The van der Waals surface area contributed by atoms with Crippen LogP contribution in [0.4, 0.5) is 0 Å². The highest BCUT2D eigenvalue weighted by Gasteiger charge is 2.42. The number of aliphatic hydroxyl groups is 4. The molecule has 4 heteroatoms. The minimum Gasteiger partial charge on any atom is -0.396 e. The van der Waals surface area contributed by atoms with E-state index in [0.717, 1.165) is 17.5 Å². The maximum atomic E-state index is 10.4. The van der Waals surface area contributed by atoms with Gasteiger partial charge >= 0.3 is 0 Å². The van der Waals surface area contributed by atoms with Crippen LogP contribution in [-0.4, -0.2) is 45.3 Å². The van der Waals surface area contributed by atoms with E-state index in [-0.39, 0.29) is 12.5 Å². The van der Waals surface area contributed by atoms with Gasteiger partial charge in [-0.3, -0.25) is 0 Å². The quantitative estimate of drug-likeness (QED) is 0.685. The van der Waals surface area contributed by atoms with Crippen LogP contribution in [0.3, 0.4) is 0 Å². The zero-order chi connectivity index (χ0) is 17.1. The number of aliphatic hydroxyl groups excluding tert-OH is 4. The van der Waals surface area contributed by atoms with Gasteiger partial charge in [-0.05, 0) is 29.5 Å². The van der Waals surface area contributed by atoms with E-state index >= 15 is 0 Å². The molecule has 1 aliphatic carbocycles. The standard InChI is InChI=1S/C20H24O4/c21-12-16-11-17(19(23)20(24)18(16)22)15-8-4-7-14(10-15)9-13-5-2-1-3-6-13/h1-8,10,16-24H,9,11-12H2/t16-,17+,18+,19-,20-/m0/s1. The Balaban J connectivity index is 1.82. The summed E-state index contributed by atoms with van der Waals surface area (Å²) in [5.74, 6) is -0.720. The monoisotopic (exact) mass is 328 g/mol. The fourth-order valence-corrected chi connectivity index (χ4v) is 3.60. The molecule has 0 amide bonds. The Morgan fingerprint density at radius 2 is 1.50 bits per heavy atom. The summed E-state index contributed by atoms with van der Waals surface area (Å²) < 4.78 is 0. The van der Waals surface area contributed by atoms with Gasteiger partial charge in [0, 0.05) is 18.4 Å². The van der Waals surface area contributed by atoms with Crippen LogP contribution >= 0.6 is 0 Å². The summed E-state index contributed by atoms with van der Waals surface area (Å²) in [4.78, 5) is 0. The predicted octanol–water partition coefficient (Wildman–Crippen LogP) is 1.46. The zero-order valence-corrected chi connectivity index (χ0v) is 13.5. The summed E-state index contributed by atoms with van der Waals surface area (Å²) in [6, 6.07) is 18.1. The van der Waals surface area contributed by atoms with Crippen LogP contribution in [0.25, 0.3) is 0 Å². The molecule has 0 radical (unpaired) electrons. The summed E-state index contributed by atoms with van der Waals surface area (Å²) in [5, 5.41) is 39.8. The first-order valence-electron chi connectivity index (χ1n) is 8.38. The predicted molar refractivity (Wildman–Crippen MR) is 91.6 cm³/mol. The lowest BCUT2D eigenvalue weighted by atomic mass is 9.73. The van der Waals surface area contributed by atoms with E-state index < -0.39 is 24.2 Å². The summed E-state index contributed by atoms with van der Waals surface area (Å²) in [5.41, 5.74) is 3.27. The van der Waals surface area contributed by atoms with Crippen LogP contribution in [0.15, 0.2) is 54.6 Å². The van der Waals surface area contributed by atoms with Crippen molar-refractivity contribution in [2.45, 2.75) is 37.1 Å². The van der Waals surface area contributed by atoms with Crippen LogP contribution in [0.1, 0.15) is 29.0 Å². The summed E-state index contributed by atoms with van der Waals surface area (Å²) in [7, 11) is 0. The molecule has 2 aromatic carbocycles. The molecule has 0 heterocycles. The van der Waals surface area contributed by atoms with Crippen molar-refractivity contribution in [3.63, 3.8) is 0 Å². The van der Waals surface area contributed by atoms with Crippen LogP contribution < -0.4 is 0 Å². The molecule has 128 valence electrons. The molecule has 1 saturated carbocycles. The van der Waals surface area contributed by atoms with E-state index in [0.29, 0.717) is 6.42 Å². The molecule has 0 bridgehead atoms. The second kappa shape index (κ2) is 7.45. The van der Waals surface area contributed by atoms with Crippen molar-refractivity contribution >= 4 is 0 Å². The first kappa shape index (κ1) is 17.1. The molecule has 0 spiro atoms. The Morgan fingerprint density at radius 1 is 0.792 bits per heavy atom. The highest BCUT2D eigenvalue weighted by Crippen LogP contribution is 2.37. The number of benzene rings is 2. The molecule has 0 aromatic heterocycles. The molecule has 3 rings (SSSR count). The van der Waals surface area contributed by atoms with Crippen LogP contribution in [0.5, 0.6) is 0 Å². The van der Waals surface area contributed by atoms with Gasteiger partial charge in [0.1, 0.15) is 6.10 Å². The van der Waals surface area contributed by atoms with E-state index in [1.165, 1.54) is 5.56 Å². The van der Waals surface area contributed by atoms with Crippen LogP contribution in [-0.2, 0) is 6.42 Å². The highest BCUT2D eigenvalue weighted by molar-refractivity contribution is 5.32. The van der Waals surface area contributed by atoms with E-state index in [9.17, 15) is 20.4 Å². The largest absolute Gasteiger partial charge is 0.396 e. The minimum atomic E-state index is -1.24. The topological polar surface area (TPSA) is 80.9 Å². The molecule has 1 aliphatic rings. The molecule has 24 heavy (non-hydrogen) atoms. The van der Waals surface area contributed by atoms with Crippen molar-refractivity contribution in [3.05, 3.63) is 71.3 Å². The third-order valence-electron chi connectivity index (χ3n) is 5.02. The second-order valence-corrected chi connectivity index (χ2v) is 6.66. The molecule has 0 saturated heterocycles. The normalized spacial score (nSPS) is 30.2. The SMILES string of the molecule is OC[C@@H]1C[C@H](c2cccc(Cc3ccccc3)c2)[C@H](O)[C@@H](O)[C@@H]1O. The van der Waals surface area contributed by atoms with Gasteiger partial charge < -0.3 is 20.4 Å². The van der Waals surface area contributed by atoms with Crippen molar-refractivity contribution in [1.82, 2.24) is 0 Å². The lowest BCUT2D eigenvalue weighted by molar-refractivity contribution is -0.127. The number of hydrogen-bond donors (Lipinski definition) is 4. The molecular weight excluding hydrogens is 304 g/mol. The van der Waals surface area contributed by atoms with Crippen molar-refractivity contribution in [3.8, 4) is 0 Å². The Morgan fingerprint density at radius 3 is 2.21 bits per heavy atom. The Labute approximate surface area is 142 Å². The van der Waals surface area contributed by atoms with Crippen molar-refractivity contribution in [2.75, 3.05) is 6.61 Å². The minimum absolute atomic E-state index is 0.203. The van der Waals surface area contributed by atoms with E-state index in [1.807, 2.05) is 42.5 Å². The summed E-state index contributed by atoms with van der Waals surface area (Å²) in [6.07, 6.45) is -2.11. The zero-order valence-electron chi connectivity index (χ0n) is 13.5. The van der Waals surface area contributed by atoms with Gasteiger partial charge in [0.15, 0.2) is 0 Å². The van der Waals surface area contributed by atoms with Gasteiger partial charge in [0.2, 0.25) is 0 Å². The summed E-state index contributed by atoms with van der Waals surface area (Å²) >= 11 is 0. The average molecular weight is 328 g/mol. The molecular formula is C20H24O4. The Hall–Kier alpha value is -1.72. The lowest BCUT2D eigenvalue weighted by Crippen LogP contribution is -2.51. The smallest absolute Gasteiger partial charge is 0.107 e. The Bertz CT molecular complexity index is 656. The fraction of sp³-hybridized carbons (Fsp3) is 0.400. The second-order valence-electron chi connectivity index (χ2n) is 6.66. The fourth-order valence-electron chi connectivity index (χ4n) is 3.60. The molecule has 1 fully saturated rings. The van der Waals surface area contributed by atoms with E-state index in [2.05, 4.69) is 12.1 Å². The lowest BCUT2D eigenvalue weighted by Gasteiger charge is -2.40. The molecule has 5 atom stereocenters. The molecule has 4 nitrogen and oxygen atoms in total. The van der Waals surface area contributed by atoms with Gasteiger partial charge in [-0.25, -0.2) is 0 Å². The van der Waals surface area contributed by atoms with Crippen molar-refractivity contribution < 1.29 is 20.4 Å². The Kier molecular flexibility index (Phi) is 5.31. The first-order chi connectivity index (χ1) is 11.6. The molecule has 2 aromatic rings. The summed E-state index contributed by atoms with van der Waals surface area (Å²) in [6.45, 7) is -0.203. The van der Waals surface area contributed by atoms with E-state index in [1.54, 1.807) is 0 Å². The van der Waals surface area contributed by atoms with Gasteiger partial charge in [-0.15, -0.1) is 0 Å². The third kappa shape index (κ3) is 3.52. The average Bonchev–Trinajstić information content (AvgIpc) is 2.61. The molecule has 0 unspecified atom stereocenters.